The second-order valence-electron chi connectivity index (χ2n) is 9.02. The third kappa shape index (κ3) is 3.54. The molecule has 30 heavy (non-hydrogen) atoms. The lowest BCUT2D eigenvalue weighted by Crippen LogP contribution is -2.38. The molecule has 0 bridgehead atoms. The van der Waals surface area contributed by atoms with Crippen molar-refractivity contribution in [3.8, 4) is 0 Å². The average Bonchev–Trinajstić information content (AvgIpc) is 3.16. The Labute approximate surface area is 180 Å². The maximum atomic E-state index is 5.08. The van der Waals surface area contributed by atoms with Crippen LogP contribution in [0.3, 0.4) is 0 Å². The first-order valence-corrected chi connectivity index (χ1v) is 11.3. The molecule has 0 aromatic heterocycles. The van der Waals surface area contributed by atoms with Crippen LogP contribution in [0.2, 0.25) is 0 Å². The fourth-order valence-corrected chi connectivity index (χ4v) is 5.36. The van der Waals surface area contributed by atoms with Crippen LogP contribution in [0, 0.1) is 6.92 Å². The Hall–Kier alpha value is -2.59. The van der Waals surface area contributed by atoms with Gasteiger partial charge in [0.25, 0.3) is 0 Å². The summed E-state index contributed by atoms with van der Waals surface area (Å²) < 4.78 is 0. The van der Waals surface area contributed by atoms with E-state index in [9.17, 15) is 0 Å². The van der Waals surface area contributed by atoms with Crippen LogP contribution in [-0.2, 0) is 0 Å². The van der Waals surface area contributed by atoms with Crippen molar-refractivity contribution in [1.82, 2.24) is 10.2 Å². The van der Waals surface area contributed by atoms with Gasteiger partial charge in [-0.1, -0.05) is 36.9 Å². The second kappa shape index (κ2) is 7.92. The van der Waals surface area contributed by atoms with Gasteiger partial charge in [0.15, 0.2) is 0 Å². The Bertz CT molecular complexity index is 1040. The van der Waals surface area contributed by atoms with Crippen LogP contribution in [0.5, 0.6) is 0 Å². The lowest BCUT2D eigenvalue weighted by molar-refractivity contribution is 0.299. The molecule has 3 heterocycles. The minimum atomic E-state index is 0.694. The molecule has 1 saturated heterocycles. The van der Waals surface area contributed by atoms with Crippen molar-refractivity contribution in [1.29, 1.82) is 0 Å². The Morgan fingerprint density at radius 1 is 1.17 bits per heavy atom. The van der Waals surface area contributed by atoms with E-state index in [1.54, 1.807) is 0 Å². The molecule has 0 saturated carbocycles. The Kier molecular flexibility index (Phi) is 5.11. The number of hydrogen-bond acceptors (Lipinski definition) is 4. The molecule has 3 aliphatic rings. The lowest BCUT2D eigenvalue weighted by atomic mass is 9.97. The SMILES string of the molecule is C=C1NC(CC[C@@H]2CCCN2C)=NC2=C1CCN(c1cccc3cccc(C)c13)C2. The zero-order chi connectivity index (χ0) is 20.7. The summed E-state index contributed by atoms with van der Waals surface area (Å²) in [6.07, 6.45) is 5.80. The van der Waals surface area contributed by atoms with Crippen LogP contribution in [0.1, 0.15) is 37.7 Å². The molecule has 0 amide bonds. The first-order valence-electron chi connectivity index (χ1n) is 11.3. The number of rotatable bonds is 4. The van der Waals surface area contributed by atoms with Crippen molar-refractivity contribution < 1.29 is 0 Å². The molecule has 1 N–H and O–H groups in total. The van der Waals surface area contributed by atoms with Gasteiger partial charge in [0.1, 0.15) is 5.84 Å². The van der Waals surface area contributed by atoms with Gasteiger partial charge in [-0.15, -0.1) is 0 Å². The second-order valence-corrected chi connectivity index (χ2v) is 9.02. The molecule has 5 rings (SSSR count). The summed E-state index contributed by atoms with van der Waals surface area (Å²) in [5.74, 6) is 1.09. The molecule has 0 radical (unpaired) electrons. The molecule has 2 aromatic rings. The summed E-state index contributed by atoms with van der Waals surface area (Å²) in [4.78, 5) is 10.1. The summed E-state index contributed by atoms with van der Waals surface area (Å²) in [7, 11) is 2.25. The average molecular weight is 401 g/mol. The highest BCUT2D eigenvalue weighted by molar-refractivity contribution is 5.97. The van der Waals surface area contributed by atoms with Crippen molar-refractivity contribution >= 4 is 22.3 Å². The van der Waals surface area contributed by atoms with Gasteiger partial charge < -0.3 is 15.1 Å². The normalized spacial score (nSPS) is 22.3. The minimum absolute atomic E-state index is 0.694. The number of hydrogen-bond donors (Lipinski definition) is 1. The summed E-state index contributed by atoms with van der Waals surface area (Å²) in [6.45, 7) is 9.63. The quantitative estimate of drug-likeness (QED) is 0.783. The van der Waals surface area contributed by atoms with Crippen molar-refractivity contribution in [2.24, 2.45) is 4.99 Å². The molecule has 0 unspecified atom stereocenters. The van der Waals surface area contributed by atoms with E-state index < -0.39 is 0 Å². The Morgan fingerprint density at radius 3 is 2.80 bits per heavy atom. The molecular formula is C26H32N4. The lowest BCUT2D eigenvalue weighted by Gasteiger charge is -2.35. The number of nitrogens with one attached hydrogen (secondary N) is 1. The summed E-state index contributed by atoms with van der Waals surface area (Å²) in [5, 5.41) is 6.19. The monoisotopic (exact) mass is 400 g/mol. The molecule has 0 aliphatic carbocycles. The van der Waals surface area contributed by atoms with Gasteiger partial charge >= 0.3 is 0 Å². The van der Waals surface area contributed by atoms with Crippen LogP contribution < -0.4 is 10.2 Å². The molecule has 2 aromatic carbocycles. The van der Waals surface area contributed by atoms with E-state index in [0.717, 1.165) is 37.5 Å². The van der Waals surface area contributed by atoms with Gasteiger partial charge in [0, 0.05) is 41.4 Å². The van der Waals surface area contributed by atoms with Gasteiger partial charge in [-0.3, -0.25) is 0 Å². The molecule has 1 fully saturated rings. The van der Waals surface area contributed by atoms with E-state index in [1.165, 1.54) is 59.1 Å². The molecule has 3 aliphatic heterocycles. The van der Waals surface area contributed by atoms with Gasteiger partial charge in [0.2, 0.25) is 0 Å². The maximum absolute atomic E-state index is 5.08. The van der Waals surface area contributed by atoms with E-state index in [1.807, 2.05) is 0 Å². The number of nitrogens with zero attached hydrogens (tertiary/aromatic N) is 3. The largest absolute Gasteiger partial charge is 0.365 e. The molecule has 1 atom stereocenters. The Morgan fingerprint density at radius 2 is 2.00 bits per heavy atom. The predicted octanol–water partition coefficient (Wildman–Crippen LogP) is 5.00. The molecular weight excluding hydrogens is 368 g/mol. The number of aryl methyl sites for hydroxylation is 1. The van der Waals surface area contributed by atoms with Gasteiger partial charge in [-0.05, 0) is 63.2 Å². The van der Waals surface area contributed by atoms with Crippen molar-refractivity contribution in [2.75, 3.05) is 31.6 Å². The summed E-state index contributed by atoms with van der Waals surface area (Å²) in [5.41, 5.74) is 6.23. The maximum Gasteiger partial charge on any atom is 0.106 e. The third-order valence-corrected chi connectivity index (χ3v) is 7.07. The summed E-state index contributed by atoms with van der Waals surface area (Å²) in [6, 6.07) is 13.9. The predicted molar refractivity (Wildman–Crippen MR) is 127 cm³/mol. The highest BCUT2D eigenvalue weighted by Crippen LogP contribution is 2.35. The molecule has 0 spiro atoms. The van der Waals surface area contributed by atoms with Crippen LogP contribution in [-0.4, -0.2) is 43.5 Å². The van der Waals surface area contributed by atoms with Crippen LogP contribution in [0.25, 0.3) is 10.8 Å². The van der Waals surface area contributed by atoms with Crippen molar-refractivity contribution in [3.05, 3.63) is 65.5 Å². The molecule has 156 valence electrons. The van der Waals surface area contributed by atoms with E-state index in [4.69, 9.17) is 4.99 Å². The van der Waals surface area contributed by atoms with Crippen LogP contribution in [0.4, 0.5) is 5.69 Å². The fourth-order valence-electron chi connectivity index (χ4n) is 5.36. The van der Waals surface area contributed by atoms with E-state index in [-0.39, 0.29) is 0 Å². The zero-order valence-electron chi connectivity index (χ0n) is 18.2. The molecule has 4 nitrogen and oxygen atoms in total. The van der Waals surface area contributed by atoms with Crippen molar-refractivity contribution in [3.63, 3.8) is 0 Å². The standard InChI is InChI=1S/C26H32N4/c1-18-7-4-8-20-9-5-11-24(26(18)20)30-16-14-22-19(2)27-25(28-23(22)17-30)13-12-21-10-6-15-29(21)3/h4-5,7-9,11,21H,2,6,10,12-17H2,1,3H3,(H,27,28)/t21-/m0/s1. The van der Waals surface area contributed by atoms with Crippen LogP contribution >= 0.6 is 0 Å². The van der Waals surface area contributed by atoms with E-state index in [2.05, 4.69) is 72.1 Å². The number of fused-ring (bicyclic) bond motifs is 1. The molecule has 4 heteroatoms. The van der Waals surface area contributed by atoms with E-state index in [0.29, 0.717) is 6.04 Å². The van der Waals surface area contributed by atoms with E-state index >= 15 is 0 Å². The third-order valence-electron chi connectivity index (χ3n) is 7.07. The van der Waals surface area contributed by atoms with Gasteiger partial charge in [-0.25, -0.2) is 4.99 Å². The van der Waals surface area contributed by atoms with Gasteiger partial charge in [-0.2, -0.15) is 0 Å². The zero-order valence-corrected chi connectivity index (χ0v) is 18.2. The summed E-state index contributed by atoms with van der Waals surface area (Å²) >= 11 is 0. The number of aliphatic imine (C=N–C) groups is 1. The highest BCUT2D eigenvalue weighted by Gasteiger charge is 2.27. The first-order chi connectivity index (χ1) is 14.6. The van der Waals surface area contributed by atoms with Gasteiger partial charge in [0.05, 0.1) is 12.2 Å². The number of likely N-dealkylation sites (tertiary alicyclic amines) is 1. The van der Waals surface area contributed by atoms with Crippen LogP contribution in [0.15, 0.2) is 64.9 Å². The minimum Gasteiger partial charge on any atom is -0.365 e. The van der Waals surface area contributed by atoms with Crippen molar-refractivity contribution in [2.45, 2.75) is 45.1 Å². The number of anilines is 1. The highest BCUT2D eigenvalue weighted by atomic mass is 15.2. The smallest absolute Gasteiger partial charge is 0.106 e. The Balaban J connectivity index is 1.39. The first kappa shape index (κ1) is 19.4. The topological polar surface area (TPSA) is 30.9 Å². The number of benzene rings is 2. The fraction of sp³-hybridized carbons (Fsp3) is 0.423. The number of allylic oxidation sites excluding steroid dienone is 1. The number of amidine groups is 1.